The van der Waals surface area contributed by atoms with Crippen molar-refractivity contribution < 1.29 is 97.4 Å². The molecule has 0 spiro atoms. The average molecular weight is 528 g/mol. The van der Waals surface area contributed by atoms with Crippen LogP contribution in [0.25, 0.3) is 11.2 Å². The van der Waals surface area contributed by atoms with E-state index in [9.17, 15) is 24.3 Å². The third-order valence-corrected chi connectivity index (χ3v) is 5.38. The van der Waals surface area contributed by atoms with Crippen molar-refractivity contribution in [1.29, 1.82) is 0 Å². The summed E-state index contributed by atoms with van der Waals surface area (Å²) in [6.45, 7) is -0.810. The molecule has 178 valence electrons. The fourth-order valence-corrected chi connectivity index (χ4v) is 3.72. The van der Waals surface area contributed by atoms with Crippen molar-refractivity contribution in [2.75, 3.05) is 12.3 Å². The van der Waals surface area contributed by atoms with Gasteiger partial charge in [0.2, 0.25) is 0 Å². The number of carbonyl (C=O) groups is 1. The first-order valence-corrected chi connectivity index (χ1v) is 11.0. The Hall–Kier alpha value is -0.980. The van der Waals surface area contributed by atoms with Crippen LogP contribution >= 0.6 is 7.82 Å². The van der Waals surface area contributed by atoms with Gasteiger partial charge in [-0.05, 0) is 0 Å². The molecule has 1 aliphatic rings. The number of aromatic amines is 1. The summed E-state index contributed by atoms with van der Waals surface area (Å²) in [6, 6.07) is -1.13. The quantitative estimate of drug-likeness (QED) is 0.120. The van der Waals surface area contributed by atoms with Gasteiger partial charge in [-0.15, -0.1) is 0 Å². The third kappa shape index (κ3) is 7.07. The molecule has 5 atom stereocenters. The van der Waals surface area contributed by atoms with Gasteiger partial charge in [0.05, 0.1) is 27.1 Å². The minimum absolute atomic E-state index is 0. The minimum atomic E-state index is -5.38. The molecule has 0 aromatic carbocycles. The first kappa shape index (κ1) is 30.2. The number of hydrogen-bond acceptors (Lipinski definition) is 14. The largest absolute Gasteiger partial charge is 1.00 e. The van der Waals surface area contributed by atoms with Crippen molar-refractivity contribution in [2.45, 2.75) is 37.0 Å². The monoisotopic (exact) mass is 528 g/mol. The van der Waals surface area contributed by atoms with Gasteiger partial charge in [0.25, 0.3) is 0 Å². The molecule has 3 aromatic rings. The number of aromatic nitrogens is 6. The number of rotatable bonds is 8. The zero-order chi connectivity index (χ0) is 23.8. The van der Waals surface area contributed by atoms with Crippen molar-refractivity contribution in [3.8, 4) is 0 Å². The Balaban J connectivity index is 0.00000216. The maximum atomic E-state index is 12.5. The van der Waals surface area contributed by atoms with Crippen LogP contribution in [0.4, 0.5) is 5.82 Å². The van der Waals surface area contributed by atoms with E-state index in [-0.39, 0.29) is 82.5 Å². The van der Waals surface area contributed by atoms with Crippen LogP contribution in [0, 0.1) is 0 Å². The summed E-state index contributed by atoms with van der Waals surface area (Å²) >= 11 is 0. The van der Waals surface area contributed by atoms with E-state index in [1.807, 2.05) is 0 Å². The number of anilines is 1. The molecule has 0 saturated carbocycles. The van der Waals surface area contributed by atoms with Crippen LogP contribution in [-0.4, -0.2) is 71.5 Å². The number of phosphoric acid groups is 1. The van der Waals surface area contributed by atoms with E-state index in [1.54, 1.807) is 0 Å². The topological polar surface area (TPSA) is 252 Å². The number of esters is 1. The Morgan fingerprint density at radius 2 is 2.09 bits per heavy atom. The van der Waals surface area contributed by atoms with Crippen LogP contribution in [-0.2, 0) is 29.8 Å². The number of nitrogens with one attached hydrogen (secondary N) is 1. The van der Waals surface area contributed by atoms with Crippen LogP contribution in [0.15, 0.2) is 25.2 Å². The number of aliphatic hydroxyl groups excluding tert-OH is 1. The van der Waals surface area contributed by atoms with Crippen LogP contribution in [0.2, 0.25) is 0 Å². The fraction of sp³-hybridized carbons (Fsp3) is 0.438. The Bertz CT molecular complexity index is 1180. The number of carbonyl (C=O) groups excluding carboxylic acids is 1. The molecule has 0 unspecified atom stereocenters. The van der Waals surface area contributed by atoms with Crippen LogP contribution in [0.3, 0.4) is 0 Å². The molecular formula is C16H19N8Na2O8P. The van der Waals surface area contributed by atoms with Gasteiger partial charge < -0.3 is 49.9 Å². The van der Waals surface area contributed by atoms with Crippen molar-refractivity contribution in [3.05, 3.63) is 30.9 Å². The smallest absolute Gasteiger partial charge is 0.790 e. The van der Waals surface area contributed by atoms with Crippen molar-refractivity contribution >= 4 is 30.8 Å². The second kappa shape index (κ2) is 12.5. The molecular weight excluding hydrogens is 509 g/mol. The average Bonchev–Trinajstić information content (AvgIpc) is 3.47. The molecule has 19 heteroatoms. The molecule has 0 amide bonds. The summed E-state index contributed by atoms with van der Waals surface area (Å²) in [5.74, 6) is -0.824. The predicted octanol–water partition coefficient (Wildman–Crippen LogP) is -9.28. The number of nitrogen functional groups attached to an aromatic ring is 1. The Kier molecular flexibility index (Phi) is 10.8. The summed E-state index contributed by atoms with van der Waals surface area (Å²) < 4.78 is 27.6. The van der Waals surface area contributed by atoms with Crippen LogP contribution < -0.4 is 80.4 Å². The van der Waals surface area contributed by atoms with Gasteiger partial charge in [-0.25, -0.2) is 19.9 Å². The molecule has 1 saturated heterocycles. The molecule has 0 radical (unpaired) electrons. The van der Waals surface area contributed by atoms with E-state index >= 15 is 0 Å². The molecule has 6 N–H and O–H groups in total. The van der Waals surface area contributed by atoms with Gasteiger partial charge in [0.15, 0.2) is 23.8 Å². The number of imidazole rings is 2. The summed E-state index contributed by atoms with van der Waals surface area (Å²) in [7, 11) is -5.38. The zero-order valence-corrected chi connectivity index (χ0v) is 23.6. The molecule has 4 rings (SSSR count). The van der Waals surface area contributed by atoms with E-state index in [2.05, 4.69) is 29.4 Å². The van der Waals surface area contributed by atoms with E-state index in [4.69, 9.17) is 20.9 Å². The number of nitrogens with two attached hydrogens (primary N) is 2. The maximum absolute atomic E-state index is 12.5. The Labute approximate surface area is 242 Å². The summed E-state index contributed by atoms with van der Waals surface area (Å²) in [5, 5.41) is 10.9. The zero-order valence-electron chi connectivity index (χ0n) is 18.8. The van der Waals surface area contributed by atoms with E-state index in [0.717, 1.165) is 0 Å². The summed E-state index contributed by atoms with van der Waals surface area (Å²) in [4.78, 5) is 53.0. The van der Waals surface area contributed by atoms with Gasteiger partial charge in [-0.2, -0.15) is 0 Å². The molecule has 0 aliphatic carbocycles. The number of H-pyrrole nitrogens is 1. The molecule has 1 fully saturated rings. The SMILES string of the molecule is Nc1ncnc2c1ncn2[C@@H]1O[C@H](COP(=O)([O-])[O-])[C@@H](OC(=O)[C@@H](N)Cc2cnc[nH]2)[C@H]1O.[Na+].[Na+]. The van der Waals surface area contributed by atoms with Crippen LogP contribution in [0.5, 0.6) is 0 Å². The predicted molar refractivity (Wildman–Crippen MR) is 103 cm³/mol. The molecule has 3 aromatic heterocycles. The van der Waals surface area contributed by atoms with Crippen molar-refractivity contribution in [3.63, 3.8) is 0 Å². The fourth-order valence-electron chi connectivity index (χ4n) is 3.39. The molecule has 1 aliphatic heterocycles. The Morgan fingerprint density at radius 1 is 1.34 bits per heavy atom. The van der Waals surface area contributed by atoms with E-state index in [0.29, 0.717) is 5.69 Å². The summed E-state index contributed by atoms with van der Waals surface area (Å²) in [5.41, 5.74) is 12.6. The number of aliphatic hydroxyl groups is 1. The van der Waals surface area contributed by atoms with Gasteiger partial charge in [-0.1, -0.05) is 0 Å². The van der Waals surface area contributed by atoms with Crippen molar-refractivity contribution in [1.82, 2.24) is 29.5 Å². The van der Waals surface area contributed by atoms with E-state index in [1.165, 1.54) is 29.7 Å². The number of hydrogen-bond donors (Lipinski definition) is 4. The number of ether oxygens (including phenoxy) is 2. The molecule has 0 bridgehead atoms. The second-order valence-electron chi connectivity index (χ2n) is 7.17. The van der Waals surface area contributed by atoms with Crippen LogP contribution in [0.1, 0.15) is 11.9 Å². The number of phosphoric ester groups is 1. The maximum Gasteiger partial charge on any atom is 1.00 e. The standard InChI is InChI=1S/C16H21N8O8P.2Na/c17-8(1-7-2-19-4-20-7)16(26)32-12-9(3-30-33(27,28)29)31-15(11(12)25)24-6-23-10-13(18)21-5-22-14(10)24;;/h2,4-6,8-9,11-12,15,25H,1,3,17H2,(H,19,20)(H2,18,21,22)(H2,27,28,29);;/q;2*+1/p-2/t8-,9+,11+,12+,15+;;/m0../s1. The van der Waals surface area contributed by atoms with Gasteiger partial charge in [0.1, 0.15) is 30.1 Å². The van der Waals surface area contributed by atoms with Gasteiger partial charge in [-0.3, -0.25) is 9.36 Å². The molecule has 4 heterocycles. The molecule has 35 heavy (non-hydrogen) atoms. The first-order valence-electron chi connectivity index (χ1n) is 9.50. The number of nitrogens with zero attached hydrogens (tertiary/aromatic N) is 5. The summed E-state index contributed by atoms with van der Waals surface area (Å²) in [6.07, 6.45) is -0.145. The minimum Gasteiger partial charge on any atom is -0.790 e. The van der Waals surface area contributed by atoms with E-state index < -0.39 is 51.0 Å². The first-order chi connectivity index (χ1) is 15.6. The Morgan fingerprint density at radius 3 is 2.74 bits per heavy atom. The van der Waals surface area contributed by atoms with Gasteiger partial charge >= 0.3 is 65.1 Å². The second-order valence-corrected chi connectivity index (χ2v) is 8.32. The third-order valence-electron chi connectivity index (χ3n) is 4.92. The van der Waals surface area contributed by atoms with Gasteiger partial charge in [0, 0.05) is 18.3 Å². The molecule has 16 nitrogen and oxygen atoms in total. The van der Waals surface area contributed by atoms with Crippen molar-refractivity contribution in [2.24, 2.45) is 5.73 Å². The number of fused-ring (bicyclic) bond motifs is 1. The normalized spacial score (nSPS) is 22.9.